The number of aliphatic hydroxyl groups excluding tert-OH is 4. The fourth-order valence-electron chi connectivity index (χ4n) is 13.7. The molecule has 10 heteroatoms. The Morgan fingerprint density at radius 2 is 1.60 bits per heavy atom. The minimum Gasteiger partial charge on any atom is -0.457 e. The number of rotatable bonds is 5. The highest BCUT2D eigenvalue weighted by Crippen LogP contribution is 2.89. The first-order valence-electron chi connectivity index (χ1n) is 18.3. The van der Waals surface area contributed by atoms with Gasteiger partial charge in [-0.3, -0.25) is 4.79 Å². The van der Waals surface area contributed by atoms with E-state index >= 15 is 0 Å². The zero-order chi connectivity index (χ0) is 34.3. The summed E-state index contributed by atoms with van der Waals surface area (Å²) in [6, 6.07) is 0. The van der Waals surface area contributed by atoms with E-state index in [1.165, 1.54) is 13.3 Å². The minimum absolute atomic E-state index is 0.0683. The third-order valence-electron chi connectivity index (χ3n) is 15.8. The molecule has 5 N–H and O–H groups in total. The number of esters is 1. The van der Waals surface area contributed by atoms with Crippen LogP contribution in [0.2, 0.25) is 0 Å². The highest BCUT2D eigenvalue weighted by atomic mass is 16.7. The lowest BCUT2D eigenvalue weighted by atomic mass is 9.41. The Hall–Kier alpha value is -0.850. The Balaban J connectivity index is 1.14. The van der Waals surface area contributed by atoms with Crippen LogP contribution in [0.1, 0.15) is 107 Å². The lowest BCUT2D eigenvalue weighted by Gasteiger charge is -2.64. The molecule has 2 heterocycles. The molecule has 0 radical (unpaired) electrons. The van der Waals surface area contributed by atoms with Crippen LogP contribution in [0.5, 0.6) is 0 Å². The van der Waals surface area contributed by atoms with Gasteiger partial charge >= 0.3 is 5.97 Å². The summed E-state index contributed by atoms with van der Waals surface area (Å²) in [5.74, 6) is 0.717. The second-order valence-electron chi connectivity index (χ2n) is 18.6. The number of carbonyl (C=O) groups is 1. The monoisotopic (exact) mass is 664 g/mol. The van der Waals surface area contributed by atoms with E-state index in [1.54, 1.807) is 13.8 Å². The van der Waals surface area contributed by atoms with Gasteiger partial charge < -0.3 is 44.5 Å². The molecule has 7 aliphatic rings. The molecular formula is C37H60O10. The van der Waals surface area contributed by atoms with Gasteiger partial charge in [0.2, 0.25) is 0 Å². The zero-order valence-corrected chi connectivity index (χ0v) is 29.6. The molecule has 17 atom stereocenters. The van der Waals surface area contributed by atoms with Crippen molar-refractivity contribution in [2.24, 2.45) is 50.7 Å². The van der Waals surface area contributed by atoms with E-state index in [2.05, 4.69) is 34.6 Å². The summed E-state index contributed by atoms with van der Waals surface area (Å²) >= 11 is 0. The van der Waals surface area contributed by atoms with E-state index in [1.807, 2.05) is 0 Å². The van der Waals surface area contributed by atoms with Crippen LogP contribution in [0.4, 0.5) is 0 Å². The molecule has 0 amide bonds. The molecule has 7 fully saturated rings. The van der Waals surface area contributed by atoms with Crippen molar-refractivity contribution in [3.8, 4) is 0 Å². The molecule has 268 valence electrons. The highest BCUT2D eigenvalue weighted by Gasteiger charge is 2.84. The van der Waals surface area contributed by atoms with Gasteiger partial charge in [-0.25, -0.2) is 0 Å². The molecule has 0 aromatic rings. The van der Waals surface area contributed by atoms with Crippen molar-refractivity contribution in [1.29, 1.82) is 0 Å². The Morgan fingerprint density at radius 1 is 0.936 bits per heavy atom. The maximum Gasteiger partial charge on any atom is 0.303 e. The van der Waals surface area contributed by atoms with E-state index in [9.17, 15) is 30.3 Å². The SMILES string of the molecule is CC(=O)O[C@@H](C1C[C@@H](C)[C@H]2C(O1)[C@H](O)[C@@]1(C)C3CCC4C(C)(C)[C@@H](OC5OC[C@@H](O)[C@H](O)[C@H]5O)CCC45CC35CCC21C)C(C)(C)O. The molecule has 10 nitrogen and oxygen atoms in total. The highest BCUT2D eigenvalue weighted by molar-refractivity contribution is 5.66. The van der Waals surface area contributed by atoms with Crippen LogP contribution in [0, 0.1) is 50.7 Å². The average molecular weight is 665 g/mol. The lowest BCUT2D eigenvalue weighted by molar-refractivity contribution is -0.303. The van der Waals surface area contributed by atoms with Crippen molar-refractivity contribution in [2.45, 2.75) is 167 Å². The first-order valence-corrected chi connectivity index (χ1v) is 18.3. The van der Waals surface area contributed by atoms with Crippen LogP contribution in [-0.2, 0) is 23.7 Å². The van der Waals surface area contributed by atoms with Gasteiger partial charge in [0.25, 0.3) is 0 Å². The van der Waals surface area contributed by atoms with Crippen molar-refractivity contribution in [2.75, 3.05) is 6.61 Å². The molecule has 0 aromatic carbocycles. The van der Waals surface area contributed by atoms with Gasteiger partial charge in [0.1, 0.15) is 18.3 Å². The number of hydrogen-bond acceptors (Lipinski definition) is 10. The van der Waals surface area contributed by atoms with Crippen LogP contribution in [-0.4, -0.2) is 98.8 Å². The van der Waals surface area contributed by atoms with Crippen LogP contribution in [0.25, 0.3) is 0 Å². The minimum atomic E-state index is -1.30. The third kappa shape index (κ3) is 4.54. The van der Waals surface area contributed by atoms with Gasteiger partial charge in [-0.15, -0.1) is 0 Å². The summed E-state index contributed by atoms with van der Waals surface area (Å²) in [6.45, 7) is 16.2. The molecule has 2 saturated heterocycles. The molecule has 2 aliphatic heterocycles. The quantitative estimate of drug-likeness (QED) is 0.218. The van der Waals surface area contributed by atoms with Gasteiger partial charge in [0.05, 0.1) is 36.6 Å². The molecule has 2 spiro atoms. The Labute approximate surface area is 279 Å². The molecule has 5 aliphatic carbocycles. The predicted molar refractivity (Wildman–Crippen MR) is 171 cm³/mol. The molecule has 0 bridgehead atoms. The van der Waals surface area contributed by atoms with E-state index in [0.717, 1.165) is 38.5 Å². The maximum absolute atomic E-state index is 12.5. The smallest absolute Gasteiger partial charge is 0.303 e. The molecule has 7 rings (SSSR count). The Kier molecular flexibility index (Phi) is 7.97. The molecular weight excluding hydrogens is 604 g/mol. The van der Waals surface area contributed by atoms with Crippen molar-refractivity contribution >= 4 is 5.97 Å². The van der Waals surface area contributed by atoms with Gasteiger partial charge in [0.15, 0.2) is 12.4 Å². The van der Waals surface area contributed by atoms with Crippen molar-refractivity contribution in [3.63, 3.8) is 0 Å². The first-order chi connectivity index (χ1) is 21.8. The summed E-state index contributed by atoms with van der Waals surface area (Å²) < 4.78 is 24.6. The number of fused-ring (bicyclic) bond motifs is 4. The second kappa shape index (κ2) is 10.8. The number of carbonyl (C=O) groups excluding carboxylic acids is 1. The van der Waals surface area contributed by atoms with Crippen LogP contribution >= 0.6 is 0 Å². The standard InChI is InChI=1S/C37H60O10/c1-18-15-21(30(33(5,6)43)45-19(2)38)46-28-25(18)34(7)13-14-37-17-36(37)12-11-24(47-31-27(41)26(40)20(39)16-44-31)32(3,4)22(36)9-10-23(37)35(34,8)29(28)42/h18,20-31,39-43H,9-17H2,1-8H3/t18-,20-,21?,22?,23?,24+,25+,26+,27-,28?,29+,30+,31?,34?,35-,36?,37?/m1/s1. The van der Waals surface area contributed by atoms with E-state index < -0.39 is 60.6 Å². The average Bonchev–Trinajstić information content (AvgIpc) is 3.61. The predicted octanol–water partition coefficient (Wildman–Crippen LogP) is 3.33. The third-order valence-corrected chi connectivity index (χ3v) is 15.8. The summed E-state index contributed by atoms with van der Waals surface area (Å²) in [5, 5.41) is 54.3. The largest absolute Gasteiger partial charge is 0.457 e. The zero-order valence-electron chi connectivity index (χ0n) is 29.6. The molecule has 47 heavy (non-hydrogen) atoms. The molecule has 5 saturated carbocycles. The number of aliphatic hydroxyl groups is 5. The van der Waals surface area contributed by atoms with E-state index in [0.29, 0.717) is 18.3 Å². The van der Waals surface area contributed by atoms with Crippen LogP contribution in [0.3, 0.4) is 0 Å². The fourth-order valence-corrected chi connectivity index (χ4v) is 13.7. The normalized spacial score (nSPS) is 55.4. The van der Waals surface area contributed by atoms with Gasteiger partial charge in [-0.1, -0.05) is 34.6 Å². The second-order valence-corrected chi connectivity index (χ2v) is 18.6. The van der Waals surface area contributed by atoms with E-state index in [4.69, 9.17) is 18.9 Å². The number of ether oxygens (including phenoxy) is 4. The van der Waals surface area contributed by atoms with Crippen molar-refractivity contribution < 1.29 is 49.3 Å². The summed E-state index contributed by atoms with van der Waals surface area (Å²) in [5.41, 5.74) is -1.61. The Bertz CT molecular complexity index is 1250. The first kappa shape index (κ1) is 34.6. The van der Waals surface area contributed by atoms with Gasteiger partial charge in [-0.2, -0.15) is 0 Å². The number of hydrogen-bond donors (Lipinski definition) is 5. The van der Waals surface area contributed by atoms with Crippen LogP contribution < -0.4 is 0 Å². The van der Waals surface area contributed by atoms with Crippen molar-refractivity contribution in [3.05, 3.63) is 0 Å². The maximum atomic E-state index is 12.5. The fraction of sp³-hybridized carbons (Fsp3) is 0.973. The lowest BCUT2D eigenvalue weighted by Crippen LogP contribution is -2.61. The van der Waals surface area contributed by atoms with E-state index in [-0.39, 0.29) is 51.6 Å². The molecule has 8 unspecified atom stereocenters. The van der Waals surface area contributed by atoms with Crippen molar-refractivity contribution in [1.82, 2.24) is 0 Å². The summed E-state index contributed by atoms with van der Waals surface area (Å²) in [4.78, 5) is 12.1. The topological polar surface area (TPSA) is 155 Å². The van der Waals surface area contributed by atoms with Crippen LogP contribution in [0.15, 0.2) is 0 Å². The van der Waals surface area contributed by atoms with Gasteiger partial charge in [0, 0.05) is 12.3 Å². The summed E-state index contributed by atoms with van der Waals surface area (Å²) in [6.07, 6.45) is 0.712. The molecule has 0 aromatic heterocycles. The Morgan fingerprint density at radius 3 is 2.26 bits per heavy atom. The van der Waals surface area contributed by atoms with Gasteiger partial charge in [-0.05, 0) is 111 Å². The summed E-state index contributed by atoms with van der Waals surface area (Å²) in [7, 11) is 0.